The van der Waals surface area contributed by atoms with Gasteiger partial charge in [0.1, 0.15) is 5.69 Å². The van der Waals surface area contributed by atoms with Gasteiger partial charge in [0.15, 0.2) is 11.0 Å². The maximum Gasteiger partial charge on any atom is 0.274 e. The van der Waals surface area contributed by atoms with E-state index in [4.69, 9.17) is 11.6 Å². The number of nitrogens with one attached hydrogen (secondary N) is 1. The minimum absolute atomic E-state index is 0.0961. The lowest BCUT2D eigenvalue weighted by Crippen LogP contribution is -2.33. The van der Waals surface area contributed by atoms with Crippen LogP contribution in [0.4, 0.5) is 11.5 Å². The van der Waals surface area contributed by atoms with E-state index in [0.717, 1.165) is 18.5 Å². The third-order valence-electron chi connectivity index (χ3n) is 5.48. The number of carbonyl (C=O) groups excluding carboxylic acids is 1. The van der Waals surface area contributed by atoms with Crippen LogP contribution >= 0.6 is 11.6 Å². The van der Waals surface area contributed by atoms with Gasteiger partial charge in [0, 0.05) is 43.9 Å². The SMILES string of the molecule is Cn1cc(-c2cccc(C(=O)Nc3cc(N4CC[C@@H](C(C)(C)O)C4)nnc3Cl)n2)cn1. The monoisotopic (exact) mass is 441 g/mol. The molecule has 0 spiro atoms. The maximum atomic E-state index is 12.8. The van der Waals surface area contributed by atoms with Crippen molar-refractivity contribution in [3.05, 3.63) is 47.5 Å². The summed E-state index contributed by atoms with van der Waals surface area (Å²) in [7, 11) is 1.82. The van der Waals surface area contributed by atoms with Gasteiger partial charge in [-0.05, 0) is 32.4 Å². The Bertz CT molecular complexity index is 1110. The first-order valence-electron chi connectivity index (χ1n) is 9.98. The number of aryl methyl sites for hydroxylation is 1. The van der Waals surface area contributed by atoms with E-state index < -0.39 is 11.5 Å². The molecule has 0 aromatic carbocycles. The van der Waals surface area contributed by atoms with Gasteiger partial charge in [-0.2, -0.15) is 5.10 Å². The van der Waals surface area contributed by atoms with Crippen LogP contribution in [-0.4, -0.2) is 54.7 Å². The summed E-state index contributed by atoms with van der Waals surface area (Å²) in [6, 6.07) is 6.92. The van der Waals surface area contributed by atoms with E-state index in [1.165, 1.54) is 0 Å². The highest BCUT2D eigenvalue weighted by Gasteiger charge is 2.34. The highest BCUT2D eigenvalue weighted by atomic mass is 35.5. The van der Waals surface area contributed by atoms with Gasteiger partial charge in [0.25, 0.3) is 5.91 Å². The molecular formula is C21H24ClN7O2. The molecule has 162 valence electrons. The molecule has 0 unspecified atom stereocenters. The van der Waals surface area contributed by atoms with Crippen molar-refractivity contribution in [2.75, 3.05) is 23.3 Å². The van der Waals surface area contributed by atoms with E-state index >= 15 is 0 Å². The van der Waals surface area contributed by atoms with Gasteiger partial charge in [0.2, 0.25) is 0 Å². The number of pyridine rings is 1. The van der Waals surface area contributed by atoms with Crippen LogP contribution in [0.25, 0.3) is 11.3 Å². The molecule has 1 aliphatic heterocycles. The molecule has 1 amide bonds. The van der Waals surface area contributed by atoms with Gasteiger partial charge < -0.3 is 15.3 Å². The Morgan fingerprint density at radius 1 is 1.32 bits per heavy atom. The number of hydrogen-bond acceptors (Lipinski definition) is 7. The molecule has 3 aromatic heterocycles. The third-order valence-corrected chi connectivity index (χ3v) is 5.76. The van der Waals surface area contributed by atoms with E-state index in [1.54, 1.807) is 29.1 Å². The molecule has 0 bridgehead atoms. The van der Waals surface area contributed by atoms with Gasteiger partial charge in [-0.3, -0.25) is 9.48 Å². The summed E-state index contributed by atoms with van der Waals surface area (Å²) in [6.07, 6.45) is 4.37. The first-order chi connectivity index (χ1) is 14.7. The minimum atomic E-state index is -0.767. The number of aromatic nitrogens is 5. The highest BCUT2D eigenvalue weighted by molar-refractivity contribution is 6.32. The lowest BCUT2D eigenvalue weighted by molar-refractivity contribution is 0.0263. The standard InChI is InChI=1S/C21H24ClN7O2/c1-21(2,31)14-7-8-29(12-14)18-9-17(19(22)27-26-18)25-20(30)16-6-4-5-15(24-16)13-10-23-28(3)11-13/h4-6,9-11,14,31H,7-8,12H2,1-3H3,(H,25,26,30)/t14-/m1/s1. The first kappa shape index (κ1) is 21.2. The Morgan fingerprint density at radius 2 is 2.13 bits per heavy atom. The number of carbonyl (C=O) groups is 1. The minimum Gasteiger partial charge on any atom is -0.390 e. The van der Waals surface area contributed by atoms with E-state index in [9.17, 15) is 9.90 Å². The number of amides is 1. The summed E-state index contributed by atoms with van der Waals surface area (Å²) in [6.45, 7) is 5.02. The molecule has 0 radical (unpaired) electrons. The Labute approximate surface area is 185 Å². The van der Waals surface area contributed by atoms with Crippen LogP contribution < -0.4 is 10.2 Å². The molecule has 1 atom stereocenters. The fourth-order valence-corrected chi connectivity index (χ4v) is 3.76. The zero-order valence-corrected chi connectivity index (χ0v) is 18.3. The molecule has 1 fully saturated rings. The molecular weight excluding hydrogens is 418 g/mol. The van der Waals surface area contributed by atoms with E-state index in [1.807, 2.05) is 38.1 Å². The van der Waals surface area contributed by atoms with Crippen LogP contribution in [0.15, 0.2) is 36.7 Å². The molecule has 31 heavy (non-hydrogen) atoms. The van der Waals surface area contributed by atoms with Gasteiger partial charge in [-0.15, -0.1) is 10.2 Å². The van der Waals surface area contributed by atoms with Crippen LogP contribution in [0.1, 0.15) is 30.8 Å². The van der Waals surface area contributed by atoms with Crippen LogP contribution in [0.2, 0.25) is 5.15 Å². The zero-order valence-electron chi connectivity index (χ0n) is 17.6. The number of hydrogen-bond donors (Lipinski definition) is 2. The average Bonchev–Trinajstić information content (AvgIpc) is 3.39. The Hall–Kier alpha value is -3.04. The summed E-state index contributed by atoms with van der Waals surface area (Å²) in [5.41, 5.74) is 1.31. The second-order valence-corrected chi connectivity index (χ2v) is 8.62. The fraction of sp³-hybridized carbons (Fsp3) is 0.381. The Kier molecular flexibility index (Phi) is 5.63. The van der Waals surface area contributed by atoms with Crippen LogP contribution in [-0.2, 0) is 7.05 Å². The number of nitrogens with zero attached hydrogens (tertiary/aromatic N) is 6. The van der Waals surface area contributed by atoms with Crippen LogP contribution in [0.3, 0.4) is 0 Å². The molecule has 9 nitrogen and oxygen atoms in total. The molecule has 4 heterocycles. The van der Waals surface area contributed by atoms with Crippen molar-refractivity contribution in [3.8, 4) is 11.3 Å². The first-order valence-corrected chi connectivity index (χ1v) is 10.4. The second-order valence-electron chi connectivity index (χ2n) is 8.26. The maximum absolute atomic E-state index is 12.8. The molecule has 1 aliphatic rings. The summed E-state index contributed by atoms with van der Waals surface area (Å²) < 4.78 is 1.68. The van der Waals surface area contributed by atoms with Crippen molar-refractivity contribution in [2.24, 2.45) is 13.0 Å². The number of rotatable bonds is 5. The lowest BCUT2D eigenvalue weighted by atomic mass is 9.90. The van der Waals surface area contributed by atoms with Crippen molar-refractivity contribution < 1.29 is 9.90 Å². The Morgan fingerprint density at radius 3 is 2.81 bits per heavy atom. The molecule has 2 N–H and O–H groups in total. The highest BCUT2D eigenvalue weighted by Crippen LogP contribution is 2.31. The van der Waals surface area contributed by atoms with Crippen molar-refractivity contribution in [1.82, 2.24) is 25.0 Å². The number of anilines is 2. The zero-order chi connectivity index (χ0) is 22.2. The molecule has 0 aliphatic carbocycles. The summed E-state index contributed by atoms with van der Waals surface area (Å²) in [5, 5.41) is 25.4. The number of aliphatic hydroxyl groups is 1. The normalized spacial score (nSPS) is 16.5. The Balaban J connectivity index is 1.52. The smallest absolute Gasteiger partial charge is 0.274 e. The van der Waals surface area contributed by atoms with Crippen molar-refractivity contribution in [3.63, 3.8) is 0 Å². The summed E-state index contributed by atoms with van der Waals surface area (Å²) >= 11 is 6.19. The molecule has 10 heteroatoms. The van der Waals surface area contributed by atoms with Gasteiger partial charge in [-0.25, -0.2) is 4.98 Å². The van der Waals surface area contributed by atoms with E-state index in [0.29, 0.717) is 23.7 Å². The fourth-order valence-electron chi connectivity index (χ4n) is 3.62. The van der Waals surface area contributed by atoms with Gasteiger partial charge in [0.05, 0.1) is 23.2 Å². The van der Waals surface area contributed by atoms with Crippen molar-refractivity contribution >= 4 is 29.0 Å². The second kappa shape index (κ2) is 8.24. The molecule has 1 saturated heterocycles. The number of halogens is 1. The van der Waals surface area contributed by atoms with Crippen molar-refractivity contribution in [2.45, 2.75) is 25.9 Å². The summed E-state index contributed by atoms with van der Waals surface area (Å²) in [4.78, 5) is 19.3. The largest absolute Gasteiger partial charge is 0.390 e. The van der Waals surface area contributed by atoms with E-state index in [2.05, 4.69) is 25.6 Å². The quantitative estimate of drug-likeness (QED) is 0.626. The predicted octanol–water partition coefficient (Wildman–Crippen LogP) is 2.78. The molecule has 3 aromatic rings. The predicted molar refractivity (Wildman–Crippen MR) is 118 cm³/mol. The van der Waals surface area contributed by atoms with E-state index in [-0.39, 0.29) is 16.8 Å². The lowest BCUT2D eigenvalue weighted by Gasteiger charge is -2.25. The van der Waals surface area contributed by atoms with Crippen LogP contribution in [0, 0.1) is 5.92 Å². The third kappa shape index (κ3) is 4.67. The topological polar surface area (TPSA) is 109 Å². The molecule has 0 saturated carbocycles. The van der Waals surface area contributed by atoms with Gasteiger partial charge >= 0.3 is 0 Å². The molecule has 4 rings (SSSR count). The summed E-state index contributed by atoms with van der Waals surface area (Å²) in [5.74, 6) is 0.327. The van der Waals surface area contributed by atoms with Gasteiger partial charge in [-0.1, -0.05) is 17.7 Å². The average molecular weight is 442 g/mol. The van der Waals surface area contributed by atoms with Crippen LogP contribution in [0.5, 0.6) is 0 Å². The van der Waals surface area contributed by atoms with Crippen molar-refractivity contribution in [1.29, 1.82) is 0 Å².